The van der Waals surface area contributed by atoms with Crippen molar-refractivity contribution in [2.45, 2.75) is 0 Å². The van der Waals surface area contributed by atoms with Crippen molar-refractivity contribution < 1.29 is 0 Å². The Morgan fingerprint density at radius 3 is 3.17 bits per heavy atom. The highest BCUT2D eigenvalue weighted by Gasteiger charge is 2.02. The standard InChI is InChI=1S/C6H3ClIN3S/c7-3-1-4-5(9-2-3)10-6(12)11(4)8/h1-2H,(H,9,10,12). The minimum atomic E-state index is 0.613. The van der Waals surface area contributed by atoms with Gasteiger partial charge in [-0.05, 0) is 18.3 Å². The molecular formula is C6H3ClIN3S. The van der Waals surface area contributed by atoms with E-state index in [2.05, 4.69) is 32.8 Å². The van der Waals surface area contributed by atoms with E-state index in [-0.39, 0.29) is 0 Å². The topological polar surface area (TPSA) is 33.6 Å². The van der Waals surface area contributed by atoms with Crippen molar-refractivity contribution >= 4 is 57.8 Å². The van der Waals surface area contributed by atoms with E-state index >= 15 is 0 Å². The first-order valence-corrected chi connectivity index (χ1v) is 4.86. The van der Waals surface area contributed by atoms with Gasteiger partial charge in [0.1, 0.15) is 0 Å². The van der Waals surface area contributed by atoms with Crippen molar-refractivity contribution in [3.63, 3.8) is 0 Å². The second kappa shape index (κ2) is 2.97. The summed E-state index contributed by atoms with van der Waals surface area (Å²) in [6, 6.07) is 1.82. The van der Waals surface area contributed by atoms with Crippen molar-refractivity contribution in [2.75, 3.05) is 0 Å². The molecule has 2 heterocycles. The Morgan fingerprint density at radius 2 is 2.42 bits per heavy atom. The Labute approximate surface area is 92.3 Å². The number of aromatic amines is 1. The molecule has 0 spiro atoms. The first-order valence-electron chi connectivity index (χ1n) is 3.11. The third kappa shape index (κ3) is 1.25. The summed E-state index contributed by atoms with van der Waals surface area (Å²) in [7, 11) is 0. The Balaban J connectivity index is 2.98. The Hall–Kier alpha value is -0.140. The van der Waals surface area contributed by atoms with Gasteiger partial charge in [-0.3, -0.25) is 2.78 Å². The highest BCUT2D eigenvalue weighted by molar-refractivity contribution is 14.1. The lowest BCUT2D eigenvalue weighted by molar-refractivity contribution is 1.25. The van der Waals surface area contributed by atoms with Crippen LogP contribution in [0.15, 0.2) is 12.3 Å². The Morgan fingerprint density at radius 1 is 1.67 bits per heavy atom. The van der Waals surface area contributed by atoms with Crippen LogP contribution in [0.2, 0.25) is 5.02 Å². The third-order valence-electron chi connectivity index (χ3n) is 1.45. The monoisotopic (exact) mass is 311 g/mol. The van der Waals surface area contributed by atoms with Gasteiger partial charge in [0.05, 0.1) is 33.4 Å². The van der Waals surface area contributed by atoms with E-state index in [4.69, 9.17) is 23.8 Å². The van der Waals surface area contributed by atoms with Gasteiger partial charge in [0.15, 0.2) is 10.4 Å². The van der Waals surface area contributed by atoms with Gasteiger partial charge in [-0.1, -0.05) is 11.6 Å². The molecule has 0 aliphatic rings. The molecule has 0 saturated carbocycles. The van der Waals surface area contributed by atoms with E-state index in [0.717, 1.165) is 11.2 Å². The maximum absolute atomic E-state index is 5.77. The number of fused-ring (bicyclic) bond motifs is 1. The van der Waals surface area contributed by atoms with Gasteiger partial charge in [0.2, 0.25) is 0 Å². The summed E-state index contributed by atoms with van der Waals surface area (Å²) in [6.07, 6.45) is 1.59. The van der Waals surface area contributed by atoms with Gasteiger partial charge < -0.3 is 4.98 Å². The summed E-state index contributed by atoms with van der Waals surface area (Å²) in [5, 5.41) is 0.613. The second-order valence-corrected chi connectivity index (χ2v) is 4.02. The predicted molar refractivity (Wildman–Crippen MR) is 59.3 cm³/mol. The van der Waals surface area contributed by atoms with Crippen molar-refractivity contribution in [3.8, 4) is 0 Å². The molecule has 12 heavy (non-hydrogen) atoms. The van der Waals surface area contributed by atoms with Gasteiger partial charge in [-0.25, -0.2) is 4.98 Å². The van der Waals surface area contributed by atoms with E-state index in [1.54, 1.807) is 8.98 Å². The molecule has 1 N–H and O–H groups in total. The van der Waals surface area contributed by atoms with Crippen LogP contribution in [0.5, 0.6) is 0 Å². The van der Waals surface area contributed by atoms with Crippen molar-refractivity contribution in [3.05, 3.63) is 22.1 Å². The fraction of sp³-hybridized carbons (Fsp3) is 0. The van der Waals surface area contributed by atoms with E-state index in [1.165, 1.54) is 0 Å². The fourth-order valence-corrected chi connectivity index (χ4v) is 1.77. The number of nitrogens with zero attached hydrogens (tertiary/aromatic N) is 2. The van der Waals surface area contributed by atoms with Crippen LogP contribution in [-0.4, -0.2) is 12.7 Å². The molecule has 2 aromatic heterocycles. The van der Waals surface area contributed by atoms with Crippen molar-refractivity contribution in [1.82, 2.24) is 12.7 Å². The first kappa shape index (κ1) is 8.46. The molecule has 0 aromatic carbocycles. The molecule has 0 aliphatic carbocycles. The largest absolute Gasteiger partial charge is 0.315 e. The SMILES string of the molecule is S=c1[nH]c2ncc(Cl)cc2n1I. The van der Waals surface area contributed by atoms with E-state index in [0.29, 0.717) is 9.79 Å². The van der Waals surface area contributed by atoms with Crippen LogP contribution in [0.1, 0.15) is 0 Å². The first-order chi connectivity index (χ1) is 5.68. The number of H-pyrrole nitrogens is 1. The molecule has 0 unspecified atom stereocenters. The molecule has 0 bridgehead atoms. The van der Waals surface area contributed by atoms with Gasteiger partial charge in [-0.2, -0.15) is 0 Å². The highest BCUT2D eigenvalue weighted by Crippen LogP contribution is 2.18. The number of rotatable bonds is 0. The van der Waals surface area contributed by atoms with Crippen molar-refractivity contribution in [1.29, 1.82) is 0 Å². The average Bonchev–Trinajstić information content (AvgIpc) is 2.31. The Kier molecular flexibility index (Phi) is 2.09. The molecule has 3 nitrogen and oxygen atoms in total. The molecule has 0 saturated heterocycles. The maximum Gasteiger partial charge on any atom is 0.188 e. The lowest BCUT2D eigenvalue weighted by Gasteiger charge is -1.91. The average molecular weight is 312 g/mol. The summed E-state index contributed by atoms with van der Waals surface area (Å²) < 4.78 is 2.45. The summed E-state index contributed by atoms with van der Waals surface area (Å²) in [6.45, 7) is 0. The molecule has 0 aliphatic heterocycles. The van der Waals surface area contributed by atoms with Gasteiger partial charge in [0.25, 0.3) is 0 Å². The molecule has 0 amide bonds. The summed E-state index contributed by atoms with van der Waals surface area (Å²) >= 11 is 12.9. The number of hydrogen-bond acceptors (Lipinski definition) is 2. The molecule has 62 valence electrons. The normalized spacial score (nSPS) is 10.8. The van der Waals surface area contributed by atoms with E-state index < -0.39 is 0 Å². The van der Waals surface area contributed by atoms with Crippen LogP contribution in [0.25, 0.3) is 11.2 Å². The van der Waals surface area contributed by atoms with Crippen molar-refractivity contribution in [2.24, 2.45) is 0 Å². The summed E-state index contributed by atoms with van der Waals surface area (Å²) in [5.41, 5.74) is 1.67. The molecule has 6 heteroatoms. The van der Waals surface area contributed by atoms with Crippen LogP contribution in [0.4, 0.5) is 0 Å². The zero-order valence-corrected chi connectivity index (χ0v) is 9.44. The zero-order chi connectivity index (χ0) is 8.72. The number of aromatic nitrogens is 3. The third-order valence-corrected chi connectivity index (χ3v) is 3.27. The molecule has 0 fully saturated rings. The maximum atomic E-state index is 5.77. The predicted octanol–water partition coefficient (Wildman–Crippen LogP) is 2.95. The summed E-state index contributed by atoms with van der Waals surface area (Å²) in [4.78, 5) is 7.04. The molecule has 0 atom stereocenters. The van der Waals surface area contributed by atoms with Gasteiger partial charge in [-0.15, -0.1) is 0 Å². The molecular weight excluding hydrogens is 309 g/mol. The highest BCUT2D eigenvalue weighted by atomic mass is 127. The van der Waals surface area contributed by atoms with Gasteiger partial charge in [0, 0.05) is 6.20 Å². The minimum absolute atomic E-state index is 0.613. The second-order valence-electron chi connectivity index (χ2n) is 2.23. The number of pyridine rings is 1. The van der Waals surface area contributed by atoms with Gasteiger partial charge >= 0.3 is 0 Å². The van der Waals surface area contributed by atoms with E-state index in [9.17, 15) is 0 Å². The van der Waals surface area contributed by atoms with Crippen LogP contribution >= 0.6 is 46.7 Å². The smallest absolute Gasteiger partial charge is 0.188 e. The molecule has 2 rings (SSSR count). The van der Waals surface area contributed by atoms with E-state index in [1.807, 2.05) is 6.07 Å². The molecule has 0 radical (unpaired) electrons. The number of nitrogens with one attached hydrogen (secondary N) is 1. The van der Waals surface area contributed by atoms with Crippen LogP contribution in [-0.2, 0) is 0 Å². The lowest BCUT2D eigenvalue weighted by Crippen LogP contribution is -1.78. The number of hydrogen-bond donors (Lipinski definition) is 1. The zero-order valence-electron chi connectivity index (χ0n) is 5.71. The Bertz CT molecular complexity index is 489. The quantitative estimate of drug-likeness (QED) is 0.599. The summed E-state index contributed by atoms with van der Waals surface area (Å²) in [5.74, 6) is 0. The van der Waals surface area contributed by atoms with Crippen LogP contribution < -0.4 is 0 Å². The number of halogens is 2. The minimum Gasteiger partial charge on any atom is -0.315 e. The molecule has 2 aromatic rings. The van der Waals surface area contributed by atoms with Crippen LogP contribution in [0.3, 0.4) is 0 Å². The number of imidazole rings is 1. The lowest BCUT2D eigenvalue weighted by atomic mass is 10.4. The van der Waals surface area contributed by atoms with Crippen LogP contribution in [0, 0.1) is 4.77 Å². The fourth-order valence-electron chi connectivity index (χ4n) is 0.934.